The summed E-state index contributed by atoms with van der Waals surface area (Å²) in [5, 5.41) is 4.68. The van der Waals surface area contributed by atoms with Crippen molar-refractivity contribution in [3.8, 4) is 0 Å². The summed E-state index contributed by atoms with van der Waals surface area (Å²) in [6.45, 7) is 0. The Labute approximate surface area is 156 Å². The predicted molar refractivity (Wildman–Crippen MR) is 106 cm³/mol. The van der Waals surface area contributed by atoms with Crippen LogP contribution < -0.4 is 5.32 Å². The monoisotopic (exact) mass is 358 g/mol. The standard InChI is InChI=1S/C21H18N4S/c1-2-6-14(7-3-1)12-18-24-20(23-15-8-5-11-22-13-15)19-16-9-4-10-17(16)26-21(19)25-18/h1-3,5-8,11,13H,4,9-10,12H2,(H,23,24,25). The molecule has 128 valence electrons. The second-order valence-corrected chi connectivity index (χ2v) is 7.64. The number of aryl methyl sites for hydroxylation is 2. The highest BCUT2D eigenvalue weighted by Crippen LogP contribution is 2.40. The second-order valence-electron chi connectivity index (χ2n) is 6.56. The zero-order valence-corrected chi connectivity index (χ0v) is 15.1. The molecule has 5 rings (SSSR count). The molecule has 0 saturated heterocycles. The first-order valence-electron chi connectivity index (χ1n) is 8.89. The van der Waals surface area contributed by atoms with Gasteiger partial charge in [-0.25, -0.2) is 9.97 Å². The lowest BCUT2D eigenvalue weighted by atomic mass is 10.1. The summed E-state index contributed by atoms with van der Waals surface area (Å²) < 4.78 is 0. The average molecular weight is 358 g/mol. The molecule has 0 atom stereocenters. The predicted octanol–water partition coefficient (Wildman–Crippen LogP) is 4.91. The van der Waals surface area contributed by atoms with Crippen LogP contribution in [-0.4, -0.2) is 15.0 Å². The molecular weight excluding hydrogens is 340 g/mol. The first-order chi connectivity index (χ1) is 12.9. The van der Waals surface area contributed by atoms with Gasteiger partial charge in [-0.05, 0) is 42.5 Å². The molecule has 4 aromatic rings. The lowest BCUT2D eigenvalue weighted by Crippen LogP contribution is -2.02. The molecule has 0 aliphatic heterocycles. The Hall–Kier alpha value is -2.79. The highest BCUT2D eigenvalue weighted by molar-refractivity contribution is 7.19. The van der Waals surface area contributed by atoms with E-state index in [1.807, 2.05) is 35.7 Å². The maximum absolute atomic E-state index is 4.90. The van der Waals surface area contributed by atoms with Crippen molar-refractivity contribution in [2.24, 2.45) is 0 Å². The van der Waals surface area contributed by atoms with E-state index < -0.39 is 0 Å². The van der Waals surface area contributed by atoms with Crippen LogP contribution in [0.25, 0.3) is 10.2 Å². The number of fused-ring (bicyclic) bond motifs is 3. The summed E-state index contributed by atoms with van der Waals surface area (Å²) in [5.74, 6) is 1.77. The van der Waals surface area contributed by atoms with Gasteiger partial charge in [0.2, 0.25) is 0 Å². The quantitative estimate of drug-likeness (QED) is 0.563. The number of aromatic nitrogens is 3. The van der Waals surface area contributed by atoms with Gasteiger partial charge >= 0.3 is 0 Å². The normalized spacial score (nSPS) is 13.1. The van der Waals surface area contributed by atoms with Gasteiger partial charge in [0.05, 0.1) is 17.3 Å². The Kier molecular flexibility index (Phi) is 3.87. The highest BCUT2D eigenvalue weighted by atomic mass is 32.1. The van der Waals surface area contributed by atoms with Crippen molar-refractivity contribution in [2.45, 2.75) is 25.7 Å². The van der Waals surface area contributed by atoms with Crippen LogP contribution in [0.3, 0.4) is 0 Å². The minimum atomic E-state index is 0.737. The number of nitrogens with one attached hydrogen (secondary N) is 1. The van der Waals surface area contributed by atoms with E-state index in [2.05, 4.69) is 34.6 Å². The van der Waals surface area contributed by atoms with E-state index in [-0.39, 0.29) is 0 Å². The van der Waals surface area contributed by atoms with Crippen molar-refractivity contribution >= 4 is 33.1 Å². The molecule has 1 aliphatic rings. The third-order valence-corrected chi connectivity index (χ3v) is 5.93. The number of benzene rings is 1. The minimum Gasteiger partial charge on any atom is -0.338 e. The Morgan fingerprint density at radius 1 is 1.00 bits per heavy atom. The molecule has 0 saturated carbocycles. The number of hydrogen-bond donors (Lipinski definition) is 1. The van der Waals surface area contributed by atoms with Crippen molar-refractivity contribution in [3.63, 3.8) is 0 Å². The molecule has 0 unspecified atom stereocenters. The van der Waals surface area contributed by atoms with Crippen LogP contribution in [0.4, 0.5) is 11.5 Å². The van der Waals surface area contributed by atoms with Crippen molar-refractivity contribution in [3.05, 3.63) is 76.7 Å². The molecule has 0 radical (unpaired) electrons. The Morgan fingerprint density at radius 3 is 2.77 bits per heavy atom. The van der Waals surface area contributed by atoms with Gasteiger partial charge < -0.3 is 5.32 Å². The molecule has 26 heavy (non-hydrogen) atoms. The Bertz CT molecular complexity index is 1060. The maximum Gasteiger partial charge on any atom is 0.143 e. The molecule has 0 spiro atoms. The highest BCUT2D eigenvalue weighted by Gasteiger charge is 2.22. The van der Waals surface area contributed by atoms with Crippen LogP contribution >= 0.6 is 11.3 Å². The summed E-state index contributed by atoms with van der Waals surface area (Å²) in [6, 6.07) is 14.3. The number of anilines is 2. The summed E-state index contributed by atoms with van der Waals surface area (Å²) in [4.78, 5) is 16.6. The Morgan fingerprint density at radius 2 is 1.92 bits per heavy atom. The third-order valence-electron chi connectivity index (χ3n) is 4.74. The molecular formula is C21H18N4S. The lowest BCUT2D eigenvalue weighted by molar-refractivity contribution is 0.916. The van der Waals surface area contributed by atoms with Gasteiger partial charge in [0.1, 0.15) is 16.5 Å². The maximum atomic E-state index is 4.90. The molecule has 1 aromatic carbocycles. The molecule has 1 aliphatic carbocycles. The summed E-state index contributed by atoms with van der Waals surface area (Å²) in [5.41, 5.74) is 3.61. The molecule has 0 fully saturated rings. The van der Waals surface area contributed by atoms with Crippen LogP contribution in [0, 0.1) is 0 Å². The number of rotatable bonds is 4. The van der Waals surface area contributed by atoms with E-state index in [1.165, 1.54) is 27.8 Å². The summed E-state index contributed by atoms with van der Waals surface area (Å²) in [6.07, 6.45) is 7.87. The van der Waals surface area contributed by atoms with E-state index in [1.54, 1.807) is 6.20 Å². The van der Waals surface area contributed by atoms with Crippen LogP contribution in [0.1, 0.15) is 28.2 Å². The van der Waals surface area contributed by atoms with Gasteiger partial charge in [-0.1, -0.05) is 30.3 Å². The fourth-order valence-corrected chi connectivity index (χ4v) is 4.84. The zero-order chi connectivity index (χ0) is 17.3. The molecule has 4 nitrogen and oxygen atoms in total. The molecule has 3 heterocycles. The van der Waals surface area contributed by atoms with Gasteiger partial charge in [0.25, 0.3) is 0 Å². The lowest BCUT2D eigenvalue weighted by Gasteiger charge is -2.10. The smallest absolute Gasteiger partial charge is 0.143 e. The zero-order valence-electron chi connectivity index (χ0n) is 14.3. The minimum absolute atomic E-state index is 0.737. The van der Waals surface area contributed by atoms with Crippen LogP contribution in [0.2, 0.25) is 0 Å². The van der Waals surface area contributed by atoms with Gasteiger partial charge in [-0.15, -0.1) is 11.3 Å². The Balaban J connectivity index is 1.62. The van der Waals surface area contributed by atoms with Crippen molar-refractivity contribution in [1.82, 2.24) is 15.0 Å². The fraction of sp³-hybridized carbons (Fsp3) is 0.190. The molecule has 3 aromatic heterocycles. The fourth-order valence-electron chi connectivity index (χ4n) is 3.56. The molecule has 0 bridgehead atoms. The number of hydrogen-bond acceptors (Lipinski definition) is 5. The number of thiophene rings is 1. The topological polar surface area (TPSA) is 50.7 Å². The summed E-state index contributed by atoms with van der Waals surface area (Å²) in [7, 11) is 0. The SMILES string of the molecule is c1ccc(Cc2nc(Nc3cccnc3)c3c4c(sc3n2)CCC4)cc1. The number of pyridine rings is 1. The molecule has 0 amide bonds. The van der Waals surface area contributed by atoms with Crippen molar-refractivity contribution in [1.29, 1.82) is 0 Å². The van der Waals surface area contributed by atoms with E-state index in [4.69, 9.17) is 9.97 Å². The van der Waals surface area contributed by atoms with Crippen LogP contribution in [0.15, 0.2) is 54.9 Å². The van der Waals surface area contributed by atoms with E-state index in [0.29, 0.717) is 0 Å². The molecule has 1 N–H and O–H groups in total. The van der Waals surface area contributed by atoms with E-state index in [9.17, 15) is 0 Å². The first kappa shape index (κ1) is 15.5. The molecule has 5 heteroatoms. The van der Waals surface area contributed by atoms with E-state index >= 15 is 0 Å². The van der Waals surface area contributed by atoms with Crippen LogP contribution in [0.5, 0.6) is 0 Å². The number of nitrogens with zero attached hydrogens (tertiary/aromatic N) is 3. The van der Waals surface area contributed by atoms with Gasteiger partial charge in [0.15, 0.2) is 0 Å². The van der Waals surface area contributed by atoms with Gasteiger partial charge in [-0.3, -0.25) is 4.98 Å². The van der Waals surface area contributed by atoms with Gasteiger partial charge in [-0.2, -0.15) is 0 Å². The largest absolute Gasteiger partial charge is 0.338 e. The summed E-state index contributed by atoms with van der Waals surface area (Å²) >= 11 is 1.83. The second kappa shape index (κ2) is 6.50. The average Bonchev–Trinajstić information content (AvgIpc) is 3.24. The van der Waals surface area contributed by atoms with Gasteiger partial charge in [0, 0.05) is 17.5 Å². The third kappa shape index (κ3) is 2.84. The van der Waals surface area contributed by atoms with Crippen molar-refractivity contribution in [2.75, 3.05) is 5.32 Å². The van der Waals surface area contributed by atoms with Crippen molar-refractivity contribution < 1.29 is 0 Å². The van der Waals surface area contributed by atoms with Crippen LogP contribution in [-0.2, 0) is 19.3 Å². The van der Waals surface area contributed by atoms with E-state index in [0.717, 1.165) is 41.4 Å². The first-order valence-corrected chi connectivity index (χ1v) is 9.70.